The van der Waals surface area contributed by atoms with Crippen molar-refractivity contribution in [2.24, 2.45) is 0 Å². The van der Waals surface area contributed by atoms with Crippen molar-refractivity contribution in [2.45, 2.75) is 19.4 Å². The first kappa shape index (κ1) is 22.1. The summed E-state index contributed by atoms with van der Waals surface area (Å²) in [5.74, 6) is 0.383. The fraction of sp³-hybridized carbons (Fsp3) is 0.174. The molecule has 0 spiro atoms. The van der Waals surface area contributed by atoms with Crippen LogP contribution in [0.15, 0.2) is 67.1 Å². The minimum Gasteiger partial charge on any atom is -0.481 e. The lowest BCUT2D eigenvalue weighted by Crippen LogP contribution is -2.10. The molecule has 0 amide bonds. The molecule has 1 aromatic heterocycles. The Bertz CT molecular complexity index is 1060. The van der Waals surface area contributed by atoms with Gasteiger partial charge in [0.2, 0.25) is 0 Å². The van der Waals surface area contributed by atoms with Crippen molar-refractivity contribution < 1.29 is 14.6 Å². The number of hydrogen-bond acceptors (Lipinski definition) is 6. The number of carbonyl (C=O) groups is 1. The molecule has 7 nitrogen and oxygen atoms in total. The lowest BCUT2D eigenvalue weighted by molar-refractivity contribution is -0.136. The number of benzene rings is 2. The lowest BCUT2D eigenvalue weighted by atomic mass is 10.1. The van der Waals surface area contributed by atoms with Gasteiger partial charge in [0.15, 0.2) is 5.88 Å². The summed E-state index contributed by atoms with van der Waals surface area (Å²) in [5.41, 5.74) is 3.25. The molecule has 31 heavy (non-hydrogen) atoms. The molecule has 0 saturated heterocycles. The van der Waals surface area contributed by atoms with Crippen LogP contribution >= 0.6 is 11.6 Å². The molecule has 0 atom stereocenters. The highest BCUT2D eigenvalue weighted by molar-refractivity contribution is 6.30. The summed E-state index contributed by atoms with van der Waals surface area (Å²) in [4.78, 5) is 19.7. The molecule has 1 heterocycles. The van der Waals surface area contributed by atoms with Crippen molar-refractivity contribution in [3.8, 4) is 0 Å². The monoisotopic (exact) mass is 438 g/mol. The Kier molecular flexibility index (Phi) is 7.45. The summed E-state index contributed by atoms with van der Waals surface area (Å²) in [6.45, 7) is 4.33. The predicted octanol–water partition coefficient (Wildman–Crippen LogP) is 4.49. The predicted molar refractivity (Wildman–Crippen MR) is 121 cm³/mol. The second-order valence-electron chi connectivity index (χ2n) is 6.77. The zero-order valence-corrected chi connectivity index (χ0v) is 17.8. The molecular formula is C23H23ClN4O3. The molecule has 0 aliphatic heterocycles. The molecule has 0 saturated carbocycles. The van der Waals surface area contributed by atoms with E-state index in [9.17, 15) is 4.79 Å². The third-order valence-corrected chi connectivity index (χ3v) is 4.74. The van der Waals surface area contributed by atoms with Crippen LogP contribution in [0.2, 0.25) is 5.15 Å². The number of nitrogens with one attached hydrogen (secondary N) is 2. The number of rotatable bonds is 10. The van der Waals surface area contributed by atoms with Gasteiger partial charge in [-0.3, -0.25) is 4.79 Å². The van der Waals surface area contributed by atoms with E-state index in [2.05, 4.69) is 27.2 Å². The number of halogens is 1. The fourth-order valence-electron chi connectivity index (χ4n) is 2.92. The van der Waals surface area contributed by atoms with Crippen molar-refractivity contribution in [2.75, 3.05) is 17.7 Å². The lowest BCUT2D eigenvalue weighted by Gasteiger charge is -2.13. The number of aliphatic carboxylic acids is 1. The Morgan fingerprint density at radius 2 is 1.81 bits per heavy atom. The molecular weight excluding hydrogens is 416 g/mol. The molecule has 8 heteroatoms. The van der Waals surface area contributed by atoms with Gasteiger partial charge in [0, 0.05) is 24.7 Å². The first-order valence-corrected chi connectivity index (χ1v) is 9.99. The molecule has 0 bridgehead atoms. The molecule has 3 aromatic rings. The van der Waals surface area contributed by atoms with Crippen LogP contribution < -0.4 is 10.6 Å². The van der Waals surface area contributed by atoms with E-state index in [4.69, 9.17) is 21.4 Å². The molecule has 0 radical (unpaired) electrons. The summed E-state index contributed by atoms with van der Waals surface area (Å²) in [6, 6.07) is 17.6. The Balaban J connectivity index is 1.60. The van der Waals surface area contributed by atoms with Crippen LogP contribution in [0, 0.1) is 0 Å². The highest BCUT2D eigenvalue weighted by Crippen LogP contribution is 2.23. The molecule has 0 fully saturated rings. The Morgan fingerprint density at radius 3 is 2.45 bits per heavy atom. The van der Waals surface area contributed by atoms with E-state index in [1.807, 2.05) is 54.6 Å². The average molecular weight is 439 g/mol. The second-order valence-corrected chi connectivity index (χ2v) is 7.13. The summed E-state index contributed by atoms with van der Waals surface area (Å²) >= 11 is 6.19. The van der Waals surface area contributed by atoms with Gasteiger partial charge in [-0.1, -0.05) is 54.1 Å². The van der Waals surface area contributed by atoms with Gasteiger partial charge in [-0.15, -0.1) is 0 Å². The Hall–Kier alpha value is -3.58. The van der Waals surface area contributed by atoms with Gasteiger partial charge in [-0.05, 0) is 29.8 Å². The number of carboxylic acids is 1. The van der Waals surface area contributed by atoms with Gasteiger partial charge in [0.1, 0.15) is 23.4 Å². The minimum atomic E-state index is -0.993. The number of anilines is 2. The summed E-state index contributed by atoms with van der Waals surface area (Å²) in [6.07, 6.45) is 0.208. The van der Waals surface area contributed by atoms with Gasteiger partial charge in [0.05, 0.1) is 6.42 Å². The van der Waals surface area contributed by atoms with Crippen LogP contribution in [0.1, 0.15) is 22.5 Å². The first-order chi connectivity index (χ1) is 14.9. The smallest absolute Gasteiger partial charge is 0.308 e. The first-order valence-electron chi connectivity index (χ1n) is 9.61. The molecule has 0 unspecified atom stereocenters. The van der Waals surface area contributed by atoms with Crippen LogP contribution in [-0.2, 0) is 29.0 Å². The topological polar surface area (TPSA) is 96.4 Å². The van der Waals surface area contributed by atoms with Crippen LogP contribution in [0.25, 0.3) is 0 Å². The van der Waals surface area contributed by atoms with Crippen LogP contribution in [0.3, 0.4) is 0 Å². The average Bonchev–Trinajstić information content (AvgIpc) is 2.76. The van der Waals surface area contributed by atoms with E-state index in [-0.39, 0.29) is 11.6 Å². The quantitative estimate of drug-likeness (QED) is 0.317. The minimum absolute atomic E-state index is 0.141. The maximum absolute atomic E-state index is 11.0. The summed E-state index contributed by atoms with van der Waals surface area (Å²) in [5, 5.41) is 15.2. The van der Waals surface area contributed by atoms with Crippen LogP contribution in [-0.4, -0.2) is 28.1 Å². The van der Waals surface area contributed by atoms with Crippen molar-refractivity contribution in [3.05, 3.63) is 94.7 Å². The normalized spacial score (nSPS) is 10.4. The molecule has 3 rings (SSSR count). The van der Waals surface area contributed by atoms with Crippen molar-refractivity contribution in [3.63, 3.8) is 0 Å². The van der Waals surface area contributed by atoms with E-state index < -0.39 is 5.97 Å². The van der Waals surface area contributed by atoms with E-state index >= 15 is 0 Å². The molecule has 3 N–H and O–H groups in total. The fourth-order valence-corrected chi connectivity index (χ4v) is 3.18. The maximum Gasteiger partial charge on any atom is 0.308 e. The SMILES string of the molecule is C=C(Nc1ccc(Cc2nc(Cl)c(CC(=O)O)c(NC)n2)cc1)OCc1ccccc1. The third kappa shape index (κ3) is 6.45. The Labute approximate surface area is 185 Å². The van der Waals surface area contributed by atoms with E-state index in [0.29, 0.717) is 36.1 Å². The standard InChI is InChI=1S/C23H23ClN4O3/c1-15(31-14-17-6-4-3-5-7-17)26-18-10-8-16(9-11-18)12-20-27-22(24)19(13-21(29)30)23(25-2)28-20/h3-11,26H,1,12-14H2,2H3,(H,29,30)(H,25,27,28). The second kappa shape index (κ2) is 10.4. The zero-order valence-electron chi connectivity index (χ0n) is 17.1. The number of aromatic nitrogens is 2. The van der Waals surface area contributed by atoms with Crippen molar-refractivity contribution >= 4 is 29.1 Å². The number of ether oxygens (including phenoxy) is 1. The van der Waals surface area contributed by atoms with E-state index in [0.717, 1.165) is 16.8 Å². The van der Waals surface area contributed by atoms with Crippen molar-refractivity contribution in [1.82, 2.24) is 9.97 Å². The van der Waals surface area contributed by atoms with Crippen LogP contribution in [0.5, 0.6) is 0 Å². The molecule has 160 valence electrons. The van der Waals surface area contributed by atoms with Crippen molar-refractivity contribution in [1.29, 1.82) is 0 Å². The largest absolute Gasteiger partial charge is 0.481 e. The van der Waals surface area contributed by atoms with Gasteiger partial charge in [-0.2, -0.15) is 0 Å². The van der Waals surface area contributed by atoms with Gasteiger partial charge >= 0.3 is 5.97 Å². The number of hydrogen-bond donors (Lipinski definition) is 3. The molecule has 0 aliphatic carbocycles. The van der Waals surface area contributed by atoms with Gasteiger partial charge in [-0.25, -0.2) is 9.97 Å². The zero-order chi connectivity index (χ0) is 22.2. The van der Waals surface area contributed by atoms with Gasteiger partial charge < -0.3 is 20.5 Å². The number of nitrogens with zero attached hydrogens (tertiary/aromatic N) is 2. The van der Waals surface area contributed by atoms with E-state index in [1.165, 1.54) is 0 Å². The third-order valence-electron chi connectivity index (χ3n) is 4.42. The maximum atomic E-state index is 11.0. The molecule has 2 aromatic carbocycles. The summed E-state index contributed by atoms with van der Waals surface area (Å²) in [7, 11) is 1.67. The Morgan fingerprint density at radius 1 is 1.10 bits per heavy atom. The molecule has 0 aliphatic rings. The highest BCUT2D eigenvalue weighted by atomic mass is 35.5. The van der Waals surface area contributed by atoms with Gasteiger partial charge in [0.25, 0.3) is 0 Å². The summed E-state index contributed by atoms with van der Waals surface area (Å²) < 4.78 is 5.65. The highest BCUT2D eigenvalue weighted by Gasteiger charge is 2.15. The van der Waals surface area contributed by atoms with E-state index in [1.54, 1.807) is 7.05 Å². The number of carboxylic acid groups (broad SMARTS) is 1. The van der Waals surface area contributed by atoms with Crippen LogP contribution in [0.4, 0.5) is 11.5 Å².